The molecule has 0 aliphatic carbocycles. The van der Waals surface area contributed by atoms with Crippen molar-refractivity contribution < 1.29 is 19.1 Å². The molecule has 0 spiro atoms. The van der Waals surface area contributed by atoms with Gasteiger partial charge in [0.1, 0.15) is 11.8 Å². The predicted molar refractivity (Wildman–Crippen MR) is 54.3 cm³/mol. The van der Waals surface area contributed by atoms with Crippen molar-refractivity contribution >= 4 is 11.9 Å². The van der Waals surface area contributed by atoms with Gasteiger partial charge in [0.25, 0.3) is 0 Å². The second-order valence-corrected chi connectivity index (χ2v) is 4.73. The van der Waals surface area contributed by atoms with Crippen LogP contribution in [0.4, 0.5) is 0 Å². The van der Waals surface area contributed by atoms with Gasteiger partial charge in [-0.3, -0.25) is 9.59 Å². The van der Waals surface area contributed by atoms with E-state index in [0.717, 1.165) is 18.4 Å². The zero-order chi connectivity index (χ0) is 11.4. The maximum atomic E-state index is 11.6. The van der Waals surface area contributed by atoms with Crippen LogP contribution in [0.15, 0.2) is 11.1 Å². The van der Waals surface area contributed by atoms with Gasteiger partial charge in [0.05, 0.1) is 12.2 Å². The Hall–Kier alpha value is -1.16. The van der Waals surface area contributed by atoms with E-state index in [1.54, 1.807) is 0 Å². The fourth-order valence-electron chi connectivity index (χ4n) is 3.17. The van der Waals surface area contributed by atoms with Crippen LogP contribution in [0.25, 0.3) is 0 Å². The summed E-state index contributed by atoms with van der Waals surface area (Å²) in [4.78, 5) is 23.1. The SMILES string of the molecule is CCCC1=C(C)C2OC1C1C(=O)OC(=O)C21. The van der Waals surface area contributed by atoms with Crippen LogP contribution in [0.5, 0.6) is 0 Å². The highest BCUT2D eigenvalue weighted by Gasteiger charge is 2.63. The summed E-state index contributed by atoms with van der Waals surface area (Å²) in [5, 5.41) is 0. The molecule has 16 heavy (non-hydrogen) atoms. The maximum Gasteiger partial charge on any atom is 0.320 e. The number of rotatable bonds is 2. The molecular formula is C12H14O4. The second kappa shape index (κ2) is 3.17. The topological polar surface area (TPSA) is 52.6 Å². The molecule has 0 aromatic rings. The summed E-state index contributed by atoms with van der Waals surface area (Å²) < 4.78 is 10.5. The van der Waals surface area contributed by atoms with Crippen LogP contribution in [0.3, 0.4) is 0 Å². The fraction of sp³-hybridized carbons (Fsp3) is 0.667. The summed E-state index contributed by atoms with van der Waals surface area (Å²) in [5.74, 6) is -1.55. The van der Waals surface area contributed by atoms with E-state index in [9.17, 15) is 9.59 Å². The monoisotopic (exact) mass is 222 g/mol. The number of carbonyl (C=O) groups is 2. The highest BCUT2D eigenvalue weighted by molar-refractivity contribution is 5.98. The Kier molecular flexibility index (Phi) is 1.98. The summed E-state index contributed by atoms with van der Waals surface area (Å²) in [6.45, 7) is 4.10. The minimum Gasteiger partial charge on any atom is -0.393 e. The molecular weight excluding hydrogens is 208 g/mol. The first kappa shape index (κ1) is 10.0. The first-order valence-electron chi connectivity index (χ1n) is 5.75. The van der Waals surface area contributed by atoms with Crippen molar-refractivity contribution in [3.63, 3.8) is 0 Å². The second-order valence-electron chi connectivity index (χ2n) is 4.73. The number of esters is 2. The minimum atomic E-state index is -0.405. The van der Waals surface area contributed by atoms with Gasteiger partial charge in [0, 0.05) is 0 Å². The highest BCUT2D eigenvalue weighted by Crippen LogP contribution is 2.51. The summed E-state index contributed by atoms with van der Waals surface area (Å²) in [5.41, 5.74) is 2.35. The van der Waals surface area contributed by atoms with E-state index in [-0.39, 0.29) is 24.0 Å². The summed E-state index contributed by atoms with van der Waals surface area (Å²) in [7, 11) is 0. The first-order valence-corrected chi connectivity index (χ1v) is 5.75. The molecule has 0 N–H and O–H groups in total. The molecule has 4 nitrogen and oxygen atoms in total. The molecule has 0 amide bonds. The number of fused-ring (bicyclic) bond motifs is 5. The van der Waals surface area contributed by atoms with Crippen LogP contribution in [0.2, 0.25) is 0 Å². The standard InChI is InChI=1S/C12H14O4/c1-3-4-6-5(2)9-7-8(10(6)15-9)12(14)16-11(7)13/h7-10H,3-4H2,1-2H3. The summed E-state index contributed by atoms with van der Waals surface area (Å²) >= 11 is 0. The first-order chi connectivity index (χ1) is 7.65. The molecule has 3 heterocycles. The highest BCUT2D eigenvalue weighted by atomic mass is 16.6. The van der Waals surface area contributed by atoms with Gasteiger partial charge in [-0.15, -0.1) is 0 Å². The molecule has 0 aromatic heterocycles. The van der Waals surface area contributed by atoms with Crippen molar-refractivity contribution in [2.45, 2.75) is 38.9 Å². The van der Waals surface area contributed by atoms with E-state index < -0.39 is 11.9 Å². The van der Waals surface area contributed by atoms with Crippen LogP contribution >= 0.6 is 0 Å². The van der Waals surface area contributed by atoms with E-state index >= 15 is 0 Å². The molecule has 3 rings (SSSR count). The van der Waals surface area contributed by atoms with Crippen molar-refractivity contribution in [1.29, 1.82) is 0 Å². The van der Waals surface area contributed by atoms with Gasteiger partial charge in [-0.1, -0.05) is 13.3 Å². The fourth-order valence-corrected chi connectivity index (χ4v) is 3.17. The number of cyclic esters (lactones) is 2. The molecule has 4 atom stereocenters. The molecule has 0 saturated carbocycles. The van der Waals surface area contributed by atoms with Gasteiger partial charge >= 0.3 is 11.9 Å². The minimum absolute atomic E-state index is 0.200. The van der Waals surface area contributed by atoms with E-state index in [0.29, 0.717) is 0 Å². The third-order valence-corrected chi connectivity index (χ3v) is 3.87. The van der Waals surface area contributed by atoms with Gasteiger partial charge in [-0.25, -0.2) is 0 Å². The quantitative estimate of drug-likeness (QED) is 0.400. The average molecular weight is 222 g/mol. The van der Waals surface area contributed by atoms with E-state index in [2.05, 4.69) is 6.92 Å². The Morgan fingerprint density at radius 3 is 2.38 bits per heavy atom. The Morgan fingerprint density at radius 1 is 1.12 bits per heavy atom. The average Bonchev–Trinajstić information content (AvgIpc) is 2.83. The Morgan fingerprint density at radius 2 is 1.75 bits per heavy atom. The van der Waals surface area contributed by atoms with Gasteiger partial charge in [-0.05, 0) is 24.5 Å². The van der Waals surface area contributed by atoms with Crippen LogP contribution in [0, 0.1) is 11.8 Å². The third-order valence-electron chi connectivity index (χ3n) is 3.87. The molecule has 2 bridgehead atoms. The molecule has 4 heteroatoms. The summed E-state index contributed by atoms with van der Waals surface area (Å²) in [6.07, 6.45) is 1.56. The predicted octanol–water partition coefficient (Wildman–Crippen LogP) is 1.20. The van der Waals surface area contributed by atoms with Crippen molar-refractivity contribution in [3.8, 4) is 0 Å². The van der Waals surface area contributed by atoms with Gasteiger partial charge in [-0.2, -0.15) is 0 Å². The summed E-state index contributed by atoms with van der Waals surface area (Å²) in [6, 6.07) is 0. The number of carbonyl (C=O) groups excluding carboxylic acids is 2. The van der Waals surface area contributed by atoms with Crippen molar-refractivity contribution in [3.05, 3.63) is 11.1 Å². The van der Waals surface area contributed by atoms with Gasteiger partial charge in [0.15, 0.2) is 0 Å². The molecule has 86 valence electrons. The number of ether oxygens (including phenoxy) is 2. The van der Waals surface area contributed by atoms with E-state index in [4.69, 9.17) is 9.47 Å². The normalized spacial score (nSPS) is 40.6. The Balaban J connectivity index is 2.00. The lowest BCUT2D eigenvalue weighted by atomic mass is 9.76. The lowest BCUT2D eigenvalue weighted by Crippen LogP contribution is -2.31. The smallest absolute Gasteiger partial charge is 0.320 e. The molecule has 3 aliphatic heterocycles. The molecule has 2 fully saturated rings. The van der Waals surface area contributed by atoms with Crippen LogP contribution in [-0.4, -0.2) is 24.1 Å². The largest absolute Gasteiger partial charge is 0.393 e. The molecule has 4 unspecified atom stereocenters. The zero-order valence-corrected chi connectivity index (χ0v) is 9.36. The van der Waals surface area contributed by atoms with Crippen molar-refractivity contribution in [2.75, 3.05) is 0 Å². The number of hydrogen-bond donors (Lipinski definition) is 0. The van der Waals surface area contributed by atoms with Crippen LogP contribution in [-0.2, 0) is 19.1 Å². The Labute approximate surface area is 93.6 Å². The third kappa shape index (κ3) is 1.03. The van der Waals surface area contributed by atoms with Crippen LogP contribution in [0.1, 0.15) is 26.7 Å². The van der Waals surface area contributed by atoms with E-state index in [1.807, 2.05) is 6.92 Å². The zero-order valence-electron chi connectivity index (χ0n) is 9.36. The number of hydrogen-bond acceptors (Lipinski definition) is 4. The Bertz CT molecular complexity index is 409. The van der Waals surface area contributed by atoms with Crippen molar-refractivity contribution in [2.24, 2.45) is 11.8 Å². The lowest BCUT2D eigenvalue weighted by molar-refractivity contribution is -0.156. The molecule has 0 radical (unpaired) electrons. The maximum absolute atomic E-state index is 11.6. The lowest BCUT2D eigenvalue weighted by Gasteiger charge is -2.19. The molecule has 0 aromatic carbocycles. The van der Waals surface area contributed by atoms with Crippen LogP contribution < -0.4 is 0 Å². The van der Waals surface area contributed by atoms with E-state index in [1.165, 1.54) is 5.57 Å². The molecule has 2 saturated heterocycles. The van der Waals surface area contributed by atoms with Gasteiger partial charge < -0.3 is 9.47 Å². The van der Waals surface area contributed by atoms with Crippen molar-refractivity contribution in [1.82, 2.24) is 0 Å². The van der Waals surface area contributed by atoms with Gasteiger partial charge in [0.2, 0.25) is 0 Å². The molecule has 3 aliphatic rings.